The van der Waals surface area contributed by atoms with E-state index in [9.17, 15) is 17.4 Å². The van der Waals surface area contributed by atoms with Crippen LogP contribution >= 0.6 is 0 Å². The predicted molar refractivity (Wildman–Crippen MR) is 47.5 cm³/mol. The Bertz CT molecular complexity index is 244. The highest BCUT2D eigenvalue weighted by atomic mass is 32.3. The maximum Gasteiger partial charge on any atom is 0.304 e. The lowest BCUT2D eigenvalue weighted by molar-refractivity contribution is 0.103. The third kappa shape index (κ3) is 4.04. The van der Waals surface area contributed by atoms with Gasteiger partial charge in [-0.15, -0.1) is 3.89 Å². The van der Waals surface area contributed by atoms with E-state index in [1.807, 2.05) is 0 Å². The molecule has 0 amide bonds. The Kier molecular flexibility index (Phi) is 3.67. The fourth-order valence-corrected chi connectivity index (χ4v) is 2.54. The topological polar surface area (TPSA) is 54.4 Å². The average Bonchev–Trinajstić information content (AvgIpc) is 2.03. The van der Waals surface area contributed by atoms with Crippen LogP contribution in [0.1, 0.15) is 32.1 Å². The highest BCUT2D eigenvalue weighted by Crippen LogP contribution is 2.27. The normalized spacial score (nSPS) is 22.9. The molecular weight excluding hydrogens is 195 g/mol. The lowest BCUT2D eigenvalue weighted by Gasteiger charge is -2.25. The van der Waals surface area contributed by atoms with Gasteiger partial charge in [0.25, 0.3) is 0 Å². The fraction of sp³-hybridized carbons (Fsp3) is 1.00. The number of rotatable bonds is 3. The summed E-state index contributed by atoms with van der Waals surface area (Å²) in [6.45, 7) is 0. The van der Waals surface area contributed by atoms with Gasteiger partial charge in [0.2, 0.25) is 0 Å². The SMILES string of the molecule is O=S(=O)(F)CC(O)C1CCCCC1. The van der Waals surface area contributed by atoms with Crippen molar-refractivity contribution in [3.8, 4) is 0 Å². The first kappa shape index (κ1) is 10.9. The Morgan fingerprint density at radius 1 is 1.31 bits per heavy atom. The second-order valence-electron chi connectivity index (χ2n) is 3.67. The molecule has 5 heteroatoms. The van der Waals surface area contributed by atoms with E-state index in [0.717, 1.165) is 32.1 Å². The molecule has 1 aliphatic carbocycles. The van der Waals surface area contributed by atoms with Gasteiger partial charge in [0, 0.05) is 0 Å². The maximum absolute atomic E-state index is 12.2. The summed E-state index contributed by atoms with van der Waals surface area (Å²) in [5.41, 5.74) is 0. The van der Waals surface area contributed by atoms with Crippen LogP contribution in [0.25, 0.3) is 0 Å². The van der Waals surface area contributed by atoms with E-state index in [1.54, 1.807) is 0 Å². The van der Waals surface area contributed by atoms with Gasteiger partial charge in [0.05, 0.1) is 6.10 Å². The first-order valence-corrected chi connectivity index (χ1v) is 6.15. The molecule has 1 N–H and O–H groups in total. The van der Waals surface area contributed by atoms with E-state index in [1.165, 1.54) is 0 Å². The monoisotopic (exact) mass is 210 g/mol. The lowest BCUT2D eigenvalue weighted by atomic mass is 9.86. The Balaban J connectivity index is 2.42. The second kappa shape index (κ2) is 4.37. The molecule has 0 bridgehead atoms. The summed E-state index contributed by atoms with van der Waals surface area (Å²) in [5, 5.41) is 9.39. The van der Waals surface area contributed by atoms with Crippen molar-refractivity contribution in [2.75, 3.05) is 5.75 Å². The molecule has 0 aromatic rings. The van der Waals surface area contributed by atoms with Crippen molar-refractivity contribution in [3.63, 3.8) is 0 Å². The molecule has 1 aliphatic rings. The molecule has 0 spiro atoms. The second-order valence-corrected chi connectivity index (χ2v) is 5.08. The molecule has 13 heavy (non-hydrogen) atoms. The van der Waals surface area contributed by atoms with Crippen molar-refractivity contribution in [3.05, 3.63) is 0 Å². The van der Waals surface area contributed by atoms with Crippen molar-refractivity contribution < 1.29 is 17.4 Å². The zero-order valence-electron chi connectivity index (χ0n) is 7.45. The molecule has 0 saturated heterocycles. The van der Waals surface area contributed by atoms with Crippen LogP contribution in [0, 0.1) is 5.92 Å². The molecule has 0 aromatic carbocycles. The average molecular weight is 210 g/mol. The predicted octanol–water partition coefficient (Wildman–Crippen LogP) is 1.23. The van der Waals surface area contributed by atoms with Gasteiger partial charge in [0.15, 0.2) is 0 Å². The van der Waals surface area contributed by atoms with Crippen LogP contribution in [0.2, 0.25) is 0 Å². The van der Waals surface area contributed by atoms with E-state index >= 15 is 0 Å². The Morgan fingerprint density at radius 3 is 2.31 bits per heavy atom. The van der Waals surface area contributed by atoms with E-state index in [4.69, 9.17) is 0 Å². The smallest absolute Gasteiger partial charge is 0.304 e. The summed E-state index contributed by atoms with van der Waals surface area (Å²) in [5.74, 6) is -0.767. The molecule has 0 radical (unpaired) electrons. The van der Waals surface area contributed by atoms with Gasteiger partial charge in [-0.05, 0) is 18.8 Å². The molecular formula is C8H15FO3S. The molecule has 78 valence electrons. The van der Waals surface area contributed by atoms with E-state index in [0.29, 0.717) is 0 Å². The summed E-state index contributed by atoms with van der Waals surface area (Å²) in [4.78, 5) is 0. The molecule has 1 rings (SSSR count). The van der Waals surface area contributed by atoms with Crippen LogP contribution in [-0.2, 0) is 10.2 Å². The van der Waals surface area contributed by atoms with Crippen molar-refractivity contribution >= 4 is 10.2 Å². The summed E-state index contributed by atoms with van der Waals surface area (Å²) in [7, 11) is -4.52. The third-order valence-corrected chi connectivity index (χ3v) is 3.30. The number of aliphatic hydroxyl groups excluding tert-OH is 1. The number of hydrogen-bond donors (Lipinski definition) is 1. The standard InChI is InChI=1S/C8H15FO3S/c9-13(11,12)6-8(10)7-4-2-1-3-5-7/h7-8,10H,1-6H2. The van der Waals surface area contributed by atoms with Gasteiger partial charge >= 0.3 is 10.2 Å². The minimum absolute atomic E-state index is 0.0284. The van der Waals surface area contributed by atoms with Crippen molar-refractivity contribution in [1.82, 2.24) is 0 Å². The molecule has 3 nitrogen and oxygen atoms in total. The van der Waals surface area contributed by atoms with Crippen LogP contribution < -0.4 is 0 Å². The van der Waals surface area contributed by atoms with Gasteiger partial charge in [-0.2, -0.15) is 8.42 Å². The molecule has 0 aromatic heterocycles. The van der Waals surface area contributed by atoms with Gasteiger partial charge < -0.3 is 5.11 Å². The summed E-state index contributed by atoms with van der Waals surface area (Å²) in [6.07, 6.45) is 3.76. The Labute approximate surface area is 78.2 Å². The highest BCUT2D eigenvalue weighted by Gasteiger charge is 2.26. The summed E-state index contributed by atoms with van der Waals surface area (Å²) in [6, 6.07) is 0. The zero-order valence-corrected chi connectivity index (χ0v) is 8.26. The minimum Gasteiger partial charge on any atom is -0.392 e. The molecule has 1 unspecified atom stereocenters. The largest absolute Gasteiger partial charge is 0.392 e. The van der Waals surface area contributed by atoms with Crippen LogP contribution in [-0.4, -0.2) is 25.4 Å². The lowest BCUT2D eigenvalue weighted by Crippen LogP contribution is -2.28. The minimum atomic E-state index is -4.52. The van der Waals surface area contributed by atoms with Crippen LogP contribution in [0.3, 0.4) is 0 Å². The number of aliphatic hydroxyl groups is 1. The van der Waals surface area contributed by atoms with E-state index < -0.39 is 22.1 Å². The highest BCUT2D eigenvalue weighted by molar-refractivity contribution is 7.86. The number of hydrogen-bond acceptors (Lipinski definition) is 3. The van der Waals surface area contributed by atoms with Crippen LogP contribution in [0.5, 0.6) is 0 Å². The van der Waals surface area contributed by atoms with E-state index in [-0.39, 0.29) is 5.92 Å². The zero-order chi connectivity index (χ0) is 9.90. The molecule has 1 saturated carbocycles. The molecule has 1 atom stereocenters. The Hall–Kier alpha value is -0.160. The Morgan fingerprint density at radius 2 is 1.85 bits per heavy atom. The summed E-state index contributed by atoms with van der Waals surface area (Å²) < 4.78 is 32.7. The number of halogens is 1. The van der Waals surface area contributed by atoms with Crippen molar-refractivity contribution in [1.29, 1.82) is 0 Å². The van der Waals surface area contributed by atoms with Crippen molar-refractivity contribution in [2.24, 2.45) is 5.92 Å². The molecule has 0 aliphatic heterocycles. The molecule has 0 heterocycles. The third-order valence-electron chi connectivity index (χ3n) is 2.56. The fourth-order valence-electron chi connectivity index (χ4n) is 1.86. The van der Waals surface area contributed by atoms with Crippen molar-refractivity contribution in [2.45, 2.75) is 38.2 Å². The quantitative estimate of drug-likeness (QED) is 0.713. The maximum atomic E-state index is 12.2. The molecule has 1 fully saturated rings. The first-order valence-electron chi connectivity index (χ1n) is 4.59. The van der Waals surface area contributed by atoms with Gasteiger partial charge in [-0.3, -0.25) is 0 Å². The summed E-state index contributed by atoms with van der Waals surface area (Å²) >= 11 is 0. The van der Waals surface area contributed by atoms with Crippen LogP contribution in [0.4, 0.5) is 3.89 Å². The van der Waals surface area contributed by atoms with Gasteiger partial charge in [-0.25, -0.2) is 0 Å². The van der Waals surface area contributed by atoms with Gasteiger partial charge in [0.1, 0.15) is 5.75 Å². The van der Waals surface area contributed by atoms with E-state index in [2.05, 4.69) is 0 Å². The first-order chi connectivity index (χ1) is 5.99. The van der Waals surface area contributed by atoms with Gasteiger partial charge in [-0.1, -0.05) is 19.3 Å². The van der Waals surface area contributed by atoms with Crippen LogP contribution in [0.15, 0.2) is 0 Å².